The number of hydrogen-bond donors (Lipinski definition) is 1. The topological polar surface area (TPSA) is 48.3 Å². The Labute approximate surface area is 105 Å². The number of likely N-dealkylation sites (tertiary alicyclic amines) is 1. The Morgan fingerprint density at radius 3 is 2.94 bits per heavy atom. The van der Waals surface area contributed by atoms with E-state index in [9.17, 15) is 0 Å². The molecule has 0 saturated carbocycles. The van der Waals surface area contributed by atoms with E-state index in [4.69, 9.17) is 10.00 Å². The molecular weight excluding hydrogens is 214 g/mol. The lowest BCUT2D eigenvalue weighted by Crippen LogP contribution is -2.52. The van der Waals surface area contributed by atoms with Gasteiger partial charge in [-0.15, -0.1) is 0 Å². The van der Waals surface area contributed by atoms with E-state index in [-0.39, 0.29) is 0 Å². The highest BCUT2D eigenvalue weighted by Crippen LogP contribution is 2.16. The van der Waals surface area contributed by atoms with Crippen LogP contribution in [0.25, 0.3) is 0 Å². The van der Waals surface area contributed by atoms with Gasteiger partial charge in [-0.2, -0.15) is 5.26 Å². The number of nitriles is 1. The molecule has 1 fully saturated rings. The van der Waals surface area contributed by atoms with E-state index in [1.165, 1.54) is 6.42 Å². The second-order valence-electron chi connectivity index (χ2n) is 5.06. The van der Waals surface area contributed by atoms with Gasteiger partial charge in [-0.1, -0.05) is 6.92 Å². The van der Waals surface area contributed by atoms with Gasteiger partial charge in [0.05, 0.1) is 12.2 Å². The average Bonchev–Trinajstić information content (AvgIpc) is 2.36. The van der Waals surface area contributed by atoms with E-state index < -0.39 is 5.54 Å². The lowest BCUT2D eigenvalue weighted by atomic mass is 10.0. The average molecular weight is 239 g/mol. The second kappa shape index (κ2) is 6.95. The fourth-order valence-corrected chi connectivity index (χ4v) is 2.19. The normalized spacial score (nSPS) is 25.2. The van der Waals surface area contributed by atoms with Crippen LogP contribution < -0.4 is 5.32 Å². The molecule has 0 aromatic carbocycles. The fourth-order valence-electron chi connectivity index (χ4n) is 2.19. The molecule has 1 aliphatic rings. The SMILES string of the molecule is CCCOC1CCCN(CC(C)(C#N)NC)C1. The summed E-state index contributed by atoms with van der Waals surface area (Å²) in [6, 6.07) is 2.34. The van der Waals surface area contributed by atoms with Crippen LogP contribution in [0.4, 0.5) is 0 Å². The molecule has 17 heavy (non-hydrogen) atoms. The minimum absolute atomic E-state index is 0.350. The largest absolute Gasteiger partial charge is 0.377 e. The molecule has 0 radical (unpaired) electrons. The zero-order valence-corrected chi connectivity index (χ0v) is 11.3. The lowest BCUT2D eigenvalue weighted by Gasteiger charge is -2.36. The summed E-state index contributed by atoms with van der Waals surface area (Å²) in [5.74, 6) is 0. The molecule has 1 rings (SSSR count). The Bertz CT molecular complexity index is 264. The Kier molecular flexibility index (Phi) is 5.90. The number of nitrogens with zero attached hydrogens (tertiary/aromatic N) is 2. The molecular formula is C13H25N3O. The van der Waals surface area contributed by atoms with Crippen molar-refractivity contribution in [3.05, 3.63) is 0 Å². The van der Waals surface area contributed by atoms with Crippen LogP contribution in [-0.2, 0) is 4.74 Å². The molecule has 1 saturated heterocycles. The van der Waals surface area contributed by atoms with Crippen LogP contribution in [0, 0.1) is 11.3 Å². The van der Waals surface area contributed by atoms with E-state index in [1.807, 2.05) is 14.0 Å². The predicted octanol–water partition coefficient (Wildman–Crippen LogP) is 1.38. The molecule has 0 aromatic heterocycles. The lowest BCUT2D eigenvalue weighted by molar-refractivity contribution is -0.00383. The Hall–Kier alpha value is -0.630. The maximum atomic E-state index is 9.15. The van der Waals surface area contributed by atoms with E-state index in [1.54, 1.807) is 0 Å². The van der Waals surface area contributed by atoms with Gasteiger partial charge >= 0.3 is 0 Å². The zero-order chi connectivity index (χ0) is 12.7. The van der Waals surface area contributed by atoms with E-state index in [0.717, 1.165) is 39.1 Å². The standard InChI is InChI=1S/C13H25N3O/c1-4-8-17-12-6-5-7-16(9-12)11-13(2,10-14)15-3/h12,15H,4-9,11H2,1-3H3. The van der Waals surface area contributed by atoms with Crippen molar-refractivity contribution in [2.75, 3.05) is 33.3 Å². The molecule has 0 amide bonds. The fraction of sp³-hybridized carbons (Fsp3) is 0.923. The van der Waals surface area contributed by atoms with Gasteiger partial charge in [0.1, 0.15) is 5.54 Å². The molecule has 1 aliphatic heterocycles. The maximum Gasteiger partial charge on any atom is 0.116 e. The van der Waals surface area contributed by atoms with Crippen LogP contribution in [-0.4, -0.2) is 49.8 Å². The summed E-state index contributed by atoms with van der Waals surface area (Å²) in [6.07, 6.45) is 3.74. The Morgan fingerprint density at radius 2 is 2.35 bits per heavy atom. The molecule has 2 unspecified atom stereocenters. The molecule has 1 N–H and O–H groups in total. The van der Waals surface area contributed by atoms with Gasteiger partial charge in [-0.25, -0.2) is 0 Å². The van der Waals surface area contributed by atoms with Crippen molar-refractivity contribution in [2.24, 2.45) is 0 Å². The van der Waals surface area contributed by atoms with Crippen LogP contribution >= 0.6 is 0 Å². The summed E-state index contributed by atoms with van der Waals surface area (Å²) >= 11 is 0. The third-order valence-corrected chi connectivity index (χ3v) is 3.36. The number of piperidine rings is 1. The van der Waals surface area contributed by atoms with Crippen molar-refractivity contribution >= 4 is 0 Å². The van der Waals surface area contributed by atoms with Gasteiger partial charge < -0.3 is 10.1 Å². The monoisotopic (exact) mass is 239 g/mol. The smallest absolute Gasteiger partial charge is 0.116 e. The van der Waals surface area contributed by atoms with E-state index in [2.05, 4.69) is 23.2 Å². The highest BCUT2D eigenvalue weighted by molar-refractivity contribution is 5.05. The Balaban J connectivity index is 2.41. The molecule has 1 heterocycles. The van der Waals surface area contributed by atoms with E-state index >= 15 is 0 Å². The van der Waals surface area contributed by atoms with Crippen molar-refractivity contribution in [2.45, 2.75) is 44.8 Å². The number of ether oxygens (including phenoxy) is 1. The number of rotatable bonds is 6. The third-order valence-electron chi connectivity index (χ3n) is 3.36. The predicted molar refractivity (Wildman–Crippen MR) is 68.8 cm³/mol. The highest BCUT2D eigenvalue weighted by atomic mass is 16.5. The number of nitrogens with one attached hydrogen (secondary N) is 1. The van der Waals surface area contributed by atoms with Crippen LogP contribution in [0.15, 0.2) is 0 Å². The molecule has 2 atom stereocenters. The first-order valence-electron chi connectivity index (χ1n) is 6.57. The molecule has 0 aromatic rings. The van der Waals surface area contributed by atoms with Crippen LogP contribution in [0.2, 0.25) is 0 Å². The first-order chi connectivity index (χ1) is 8.13. The maximum absolute atomic E-state index is 9.15. The first kappa shape index (κ1) is 14.4. The Morgan fingerprint density at radius 1 is 1.59 bits per heavy atom. The summed E-state index contributed by atoms with van der Waals surface area (Å²) in [6.45, 7) is 7.73. The zero-order valence-electron chi connectivity index (χ0n) is 11.3. The summed E-state index contributed by atoms with van der Waals surface area (Å²) < 4.78 is 5.80. The summed E-state index contributed by atoms with van der Waals surface area (Å²) in [7, 11) is 1.85. The molecule has 0 spiro atoms. The summed E-state index contributed by atoms with van der Waals surface area (Å²) in [5, 5.41) is 12.2. The minimum Gasteiger partial charge on any atom is -0.377 e. The van der Waals surface area contributed by atoms with Gasteiger partial charge in [0.15, 0.2) is 0 Å². The van der Waals surface area contributed by atoms with E-state index in [0.29, 0.717) is 6.10 Å². The van der Waals surface area contributed by atoms with Gasteiger partial charge in [0.25, 0.3) is 0 Å². The van der Waals surface area contributed by atoms with Crippen molar-refractivity contribution in [1.29, 1.82) is 5.26 Å². The molecule has 4 nitrogen and oxygen atoms in total. The summed E-state index contributed by atoms with van der Waals surface area (Å²) in [4.78, 5) is 2.34. The third kappa shape index (κ3) is 4.63. The van der Waals surface area contributed by atoms with Crippen molar-refractivity contribution in [3.63, 3.8) is 0 Å². The number of hydrogen-bond acceptors (Lipinski definition) is 4. The van der Waals surface area contributed by atoms with Crippen molar-refractivity contribution in [3.8, 4) is 6.07 Å². The summed E-state index contributed by atoms with van der Waals surface area (Å²) in [5.41, 5.74) is -0.452. The highest BCUT2D eigenvalue weighted by Gasteiger charge is 2.28. The quantitative estimate of drug-likeness (QED) is 0.761. The van der Waals surface area contributed by atoms with Gasteiger partial charge in [0, 0.05) is 19.7 Å². The van der Waals surface area contributed by atoms with Crippen LogP contribution in [0.5, 0.6) is 0 Å². The first-order valence-corrected chi connectivity index (χ1v) is 6.57. The van der Waals surface area contributed by atoms with Crippen LogP contribution in [0.3, 0.4) is 0 Å². The number of likely N-dealkylation sites (N-methyl/N-ethyl adjacent to an activating group) is 1. The second-order valence-corrected chi connectivity index (χ2v) is 5.06. The van der Waals surface area contributed by atoms with Gasteiger partial charge in [-0.3, -0.25) is 4.90 Å². The van der Waals surface area contributed by atoms with Gasteiger partial charge in [0.2, 0.25) is 0 Å². The van der Waals surface area contributed by atoms with Crippen molar-refractivity contribution in [1.82, 2.24) is 10.2 Å². The molecule has 0 aliphatic carbocycles. The molecule has 0 bridgehead atoms. The van der Waals surface area contributed by atoms with Crippen LogP contribution in [0.1, 0.15) is 33.1 Å². The molecule has 4 heteroatoms. The molecule has 98 valence electrons. The van der Waals surface area contributed by atoms with Gasteiger partial charge in [-0.05, 0) is 39.8 Å². The van der Waals surface area contributed by atoms with Crippen molar-refractivity contribution < 1.29 is 4.74 Å². The minimum atomic E-state index is -0.452.